The van der Waals surface area contributed by atoms with Gasteiger partial charge in [-0.2, -0.15) is 5.10 Å². The third kappa shape index (κ3) is 3.64. The molecule has 0 aliphatic heterocycles. The van der Waals surface area contributed by atoms with Crippen LogP contribution >= 0.6 is 15.9 Å². The Labute approximate surface area is 121 Å². The van der Waals surface area contributed by atoms with Gasteiger partial charge in [0.2, 0.25) is 0 Å². The Morgan fingerprint density at radius 2 is 2.16 bits per heavy atom. The number of nitrogens with one attached hydrogen (secondary N) is 1. The molecule has 0 atom stereocenters. The van der Waals surface area contributed by atoms with Gasteiger partial charge in [0.25, 0.3) is 0 Å². The summed E-state index contributed by atoms with van der Waals surface area (Å²) in [5, 5.41) is 7.69. The highest BCUT2D eigenvalue weighted by molar-refractivity contribution is 9.10. The molecule has 0 amide bonds. The van der Waals surface area contributed by atoms with Gasteiger partial charge in [-0.3, -0.25) is 4.68 Å². The first-order valence-corrected chi connectivity index (χ1v) is 7.07. The lowest BCUT2D eigenvalue weighted by molar-refractivity contribution is 0.583. The van der Waals surface area contributed by atoms with Gasteiger partial charge >= 0.3 is 0 Å². The van der Waals surface area contributed by atoms with Gasteiger partial charge < -0.3 is 5.32 Å². The van der Waals surface area contributed by atoms with Crippen molar-refractivity contribution in [1.29, 1.82) is 0 Å². The Hall–Kier alpha value is -1.20. The maximum Gasteiger partial charge on any atom is 0.129 e. The van der Waals surface area contributed by atoms with Gasteiger partial charge in [-0.25, -0.2) is 4.39 Å². The summed E-state index contributed by atoms with van der Waals surface area (Å²) in [6.07, 6.45) is 1.97. The first kappa shape index (κ1) is 14.2. The number of nitrogens with zero attached hydrogens (tertiary/aromatic N) is 2. The molecular weight excluding hydrogens is 309 g/mol. The molecule has 0 spiro atoms. The first-order valence-electron chi connectivity index (χ1n) is 6.27. The highest BCUT2D eigenvalue weighted by Crippen LogP contribution is 2.16. The number of hydrogen-bond acceptors (Lipinski definition) is 2. The van der Waals surface area contributed by atoms with E-state index in [0.29, 0.717) is 12.1 Å². The van der Waals surface area contributed by atoms with Crippen LogP contribution in [-0.4, -0.2) is 16.3 Å². The van der Waals surface area contributed by atoms with Crippen LogP contribution in [0.25, 0.3) is 0 Å². The summed E-state index contributed by atoms with van der Waals surface area (Å²) in [4.78, 5) is 0. The van der Waals surface area contributed by atoms with Crippen molar-refractivity contribution in [1.82, 2.24) is 15.1 Å². The molecule has 5 heteroatoms. The molecule has 2 aromatic rings. The van der Waals surface area contributed by atoms with Gasteiger partial charge in [-0.1, -0.05) is 28.9 Å². The summed E-state index contributed by atoms with van der Waals surface area (Å²) < 4.78 is 16.3. The number of benzene rings is 1. The zero-order valence-electron chi connectivity index (χ0n) is 11.1. The summed E-state index contributed by atoms with van der Waals surface area (Å²) in [6, 6.07) is 5.10. The fourth-order valence-electron chi connectivity index (χ4n) is 1.90. The smallest absolute Gasteiger partial charge is 0.129 e. The fourth-order valence-corrected chi connectivity index (χ4v) is 2.23. The van der Waals surface area contributed by atoms with Crippen molar-refractivity contribution in [2.24, 2.45) is 0 Å². The summed E-state index contributed by atoms with van der Waals surface area (Å²) in [6.45, 7) is 6.21. The Bertz CT molecular complexity index is 566. The van der Waals surface area contributed by atoms with Crippen molar-refractivity contribution < 1.29 is 4.39 Å². The van der Waals surface area contributed by atoms with E-state index in [4.69, 9.17) is 0 Å². The molecule has 0 bridgehead atoms. The van der Waals surface area contributed by atoms with E-state index in [1.54, 1.807) is 10.7 Å². The van der Waals surface area contributed by atoms with Crippen LogP contribution in [0.4, 0.5) is 4.39 Å². The maximum absolute atomic E-state index is 13.8. The average molecular weight is 326 g/mol. The monoisotopic (exact) mass is 325 g/mol. The lowest BCUT2D eigenvalue weighted by atomic mass is 10.2. The average Bonchev–Trinajstić information content (AvgIpc) is 2.71. The van der Waals surface area contributed by atoms with E-state index in [0.717, 1.165) is 28.8 Å². The molecule has 1 N–H and O–H groups in total. The summed E-state index contributed by atoms with van der Waals surface area (Å²) in [5.41, 5.74) is 2.78. The summed E-state index contributed by atoms with van der Waals surface area (Å²) in [5.74, 6) is -0.212. The second-order valence-corrected chi connectivity index (χ2v) is 5.37. The number of hydrogen-bond donors (Lipinski definition) is 1. The normalized spacial score (nSPS) is 10.9. The highest BCUT2D eigenvalue weighted by Gasteiger charge is 2.07. The second-order valence-electron chi connectivity index (χ2n) is 4.45. The van der Waals surface area contributed by atoms with E-state index in [1.165, 1.54) is 6.07 Å². The van der Waals surface area contributed by atoms with Gasteiger partial charge in [0.1, 0.15) is 5.82 Å². The standard InChI is InChI=1S/C14H17BrFN3/c1-3-17-7-12-9-19(18-10(12)2)8-11-4-5-13(15)6-14(11)16/h4-6,9,17H,3,7-8H2,1-2H3. The van der Waals surface area contributed by atoms with Crippen LogP contribution in [-0.2, 0) is 13.1 Å². The van der Waals surface area contributed by atoms with Gasteiger partial charge in [-0.05, 0) is 25.6 Å². The summed E-state index contributed by atoms with van der Waals surface area (Å²) in [7, 11) is 0. The molecule has 3 nitrogen and oxygen atoms in total. The van der Waals surface area contributed by atoms with E-state index >= 15 is 0 Å². The zero-order valence-corrected chi connectivity index (χ0v) is 12.7. The second kappa shape index (κ2) is 6.30. The number of aryl methyl sites for hydroxylation is 1. The molecule has 0 fully saturated rings. The van der Waals surface area contributed by atoms with Crippen LogP contribution in [0, 0.1) is 12.7 Å². The van der Waals surface area contributed by atoms with Crippen molar-refractivity contribution >= 4 is 15.9 Å². The minimum absolute atomic E-state index is 0.212. The van der Waals surface area contributed by atoms with Crippen molar-refractivity contribution in [3.63, 3.8) is 0 Å². The lowest BCUT2D eigenvalue weighted by Crippen LogP contribution is -2.11. The van der Waals surface area contributed by atoms with Crippen molar-refractivity contribution in [3.8, 4) is 0 Å². The van der Waals surface area contributed by atoms with Crippen LogP contribution in [0.2, 0.25) is 0 Å². The Kier molecular flexibility index (Phi) is 4.71. The van der Waals surface area contributed by atoms with Crippen LogP contribution in [0.15, 0.2) is 28.9 Å². The molecule has 102 valence electrons. The maximum atomic E-state index is 13.8. The molecule has 1 aromatic carbocycles. The number of halogens is 2. The third-order valence-corrected chi connectivity index (χ3v) is 3.45. The van der Waals surface area contributed by atoms with Crippen LogP contribution in [0.1, 0.15) is 23.7 Å². The van der Waals surface area contributed by atoms with Crippen molar-refractivity contribution in [3.05, 3.63) is 51.5 Å². The van der Waals surface area contributed by atoms with Crippen molar-refractivity contribution in [2.75, 3.05) is 6.54 Å². The topological polar surface area (TPSA) is 29.9 Å². The van der Waals surface area contributed by atoms with Crippen LogP contribution in [0.3, 0.4) is 0 Å². The van der Waals surface area contributed by atoms with E-state index in [2.05, 4.69) is 33.3 Å². The van der Waals surface area contributed by atoms with Gasteiger partial charge in [0.15, 0.2) is 0 Å². The highest BCUT2D eigenvalue weighted by atomic mass is 79.9. The number of rotatable bonds is 5. The molecule has 1 aromatic heterocycles. The predicted molar refractivity (Wildman–Crippen MR) is 77.5 cm³/mol. The SMILES string of the molecule is CCNCc1cn(Cc2ccc(Br)cc2F)nc1C. The van der Waals surface area contributed by atoms with E-state index < -0.39 is 0 Å². The van der Waals surface area contributed by atoms with Gasteiger partial charge in [-0.15, -0.1) is 0 Å². The molecule has 0 aliphatic carbocycles. The molecule has 1 heterocycles. The first-order chi connectivity index (χ1) is 9.10. The Morgan fingerprint density at radius 1 is 1.37 bits per heavy atom. The van der Waals surface area contributed by atoms with E-state index in [9.17, 15) is 4.39 Å². The molecular formula is C14H17BrFN3. The van der Waals surface area contributed by atoms with Crippen molar-refractivity contribution in [2.45, 2.75) is 26.9 Å². The van der Waals surface area contributed by atoms with Crippen LogP contribution in [0.5, 0.6) is 0 Å². The minimum atomic E-state index is -0.212. The zero-order chi connectivity index (χ0) is 13.8. The molecule has 19 heavy (non-hydrogen) atoms. The predicted octanol–water partition coefficient (Wildman–Crippen LogP) is 3.25. The summed E-state index contributed by atoms with van der Waals surface area (Å²) >= 11 is 3.26. The molecule has 2 rings (SSSR count). The van der Waals surface area contributed by atoms with Gasteiger partial charge in [0, 0.05) is 28.3 Å². The third-order valence-electron chi connectivity index (χ3n) is 2.96. The molecule has 0 saturated carbocycles. The number of aromatic nitrogens is 2. The minimum Gasteiger partial charge on any atom is -0.313 e. The molecule has 0 unspecified atom stereocenters. The van der Waals surface area contributed by atoms with E-state index in [1.807, 2.05) is 19.2 Å². The molecule has 0 aliphatic rings. The molecule has 0 radical (unpaired) electrons. The lowest BCUT2D eigenvalue weighted by Gasteiger charge is -2.04. The largest absolute Gasteiger partial charge is 0.313 e. The quantitative estimate of drug-likeness (QED) is 0.914. The Balaban J connectivity index is 2.14. The fraction of sp³-hybridized carbons (Fsp3) is 0.357. The molecule has 0 saturated heterocycles. The van der Waals surface area contributed by atoms with E-state index in [-0.39, 0.29) is 5.82 Å². The van der Waals surface area contributed by atoms with Gasteiger partial charge in [0.05, 0.1) is 12.2 Å². The Morgan fingerprint density at radius 3 is 2.84 bits per heavy atom. The van der Waals surface area contributed by atoms with Crippen LogP contribution < -0.4 is 5.32 Å².